The Morgan fingerprint density at radius 3 is 2.75 bits per heavy atom. The lowest BCUT2D eigenvalue weighted by Gasteiger charge is -2.09. The van der Waals surface area contributed by atoms with Gasteiger partial charge in [-0.25, -0.2) is 0 Å². The van der Waals surface area contributed by atoms with Gasteiger partial charge in [-0.3, -0.25) is 0 Å². The van der Waals surface area contributed by atoms with E-state index in [1.807, 2.05) is 0 Å². The summed E-state index contributed by atoms with van der Waals surface area (Å²) in [7, 11) is 0. The van der Waals surface area contributed by atoms with E-state index >= 15 is 0 Å². The molecule has 0 saturated carbocycles. The van der Waals surface area contributed by atoms with Crippen molar-refractivity contribution in [2.75, 3.05) is 0 Å². The molecule has 0 spiro atoms. The van der Waals surface area contributed by atoms with Crippen molar-refractivity contribution in [1.29, 1.82) is 0 Å². The van der Waals surface area contributed by atoms with E-state index in [2.05, 4.69) is 19.1 Å². The molecule has 1 rings (SSSR count). The summed E-state index contributed by atoms with van der Waals surface area (Å²) in [5.74, 6) is 1.02. The molecule has 0 bridgehead atoms. The predicted molar refractivity (Wildman–Crippen MR) is 35.3 cm³/mol. The summed E-state index contributed by atoms with van der Waals surface area (Å²) < 4.78 is 0. The molecule has 8 heavy (non-hydrogen) atoms. The second kappa shape index (κ2) is 2.34. The van der Waals surface area contributed by atoms with Gasteiger partial charge in [0.1, 0.15) is 0 Å². The Kier molecular flexibility index (Phi) is 1.72. The van der Waals surface area contributed by atoms with E-state index in [4.69, 9.17) is 6.92 Å². The van der Waals surface area contributed by atoms with Crippen LogP contribution in [0, 0.1) is 18.8 Å². The van der Waals surface area contributed by atoms with Crippen molar-refractivity contribution < 1.29 is 0 Å². The molecule has 44 valence electrons. The van der Waals surface area contributed by atoms with Gasteiger partial charge in [0.15, 0.2) is 0 Å². The van der Waals surface area contributed by atoms with Crippen LogP contribution >= 0.6 is 0 Å². The average molecular weight is 108 g/mol. The van der Waals surface area contributed by atoms with Crippen LogP contribution in [-0.2, 0) is 0 Å². The minimum atomic E-state index is 0.355. The lowest BCUT2D eigenvalue weighted by Crippen LogP contribution is -2.00. The van der Waals surface area contributed by atoms with Crippen LogP contribution in [-0.4, -0.2) is 0 Å². The molecule has 1 aliphatic rings. The Hall–Kier alpha value is -0.260. The van der Waals surface area contributed by atoms with E-state index in [1.54, 1.807) is 0 Å². The third-order valence-electron chi connectivity index (χ3n) is 1.73. The minimum absolute atomic E-state index is 0.355. The van der Waals surface area contributed by atoms with E-state index in [0.717, 1.165) is 0 Å². The highest BCUT2D eigenvalue weighted by Gasteiger charge is 2.11. The van der Waals surface area contributed by atoms with E-state index < -0.39 is 0 Å². The van der Waals surface area contributed by atoms with Crippen molar-refractivity contribution in [1.82, 2.24) is 0 Å². The molecule has 0 aliphatic heterocycles. The lowest BCUT2D eigenvalue weighted by molar-refractivity contribution is 0.500. The second-order valence-electron chi connectivity index (χ2n) is 2.53. The maximum absolute atomic E-state index is 5.65. The summed E-state index contributed by atoms with van der Waals surface area (Å²) in [5, 5.41) is 0. The van der Waals surface area contributed by atoms with Crippen LogP contribution in [0.3, 0.4) is 0 Å². The van der Waals surface area contributed by atoms with Gasteiger partial charge in [0.25, 0.3) is 0 Å². The van der Waals surface area contributed by atoms with Gasteiger partial charge in [-0.15, -0.1) is 0 Å². The standard InChI is InChI=1S/C8H12/c1-7(2)8-5-3-4-6-8/h1,3,5,7-8H,4,6H2,2H3. The highest BCUT2D eigenvalue weighted by molar-refractivity contribution is 4.98. The second-order valence-corrected chi connectivity index (χ2v) is 2.53. The van der Waals surface area contributed by atoms with Crippen molar-refractivity contribution >= 4 is 0 Å². The molecule has 2 unspecified atom stereocenters. The van der Waals surface area contributed by atoms with Gasteiger partial charge in [0.2, 0.25) is 0 Å². The summed E-state index contributed by atoms with van der Waals surface area (Å²) >= 11 is 0. The van der Waals surface area contributed by atoms with Crippen molar-refractivity contribution in [3.05, 3.63) is 19.1 Å². The van der Waals surface area contributed by atoms with Gasteiger partial charge < -0.3 is 0 Å². The average Bonchev–Trinajstić information content (AvgIpc) is 2.12. The molecule has 0 aromatic carbocycles. The third kappa shape index (κ3) is 1.12. The molecule has 0 heteroatoms. The highest BCUT2D eigenvalue weighted by atomic mass is 14.2. The summed E-state index contributed by atoms with van der Waals surface area (Å²) in [5.41, 5.74) is 0. The van der Waals surface area contributed by atoms with Crippen LogP contribution < -0.4 is 0 Å². The van der Waals surface area contributed by atoms with Crippen LogP contribution in [0.2, 0.25) is 0 Å². The fraction of sp³-hybridized carbons (Fsp3) is 0.625. The Morgan fingerprint density at radius 1 is 1.75 bits per heavy atom. The van der Waals surface area contributed by atoms with E-state index in [0.29, 0.717) is 11.8 Å². The van der Waals surface area contributed by atoms with Gasteiger partial charge in [0, 0.05) is 0 Å². The lowest BCUT2D eigenvalue weighted by atomic mass is 9.96. The van der Waals surface area contributed by atoms with Crippen molar-refractivity contribution in [2.45, 2.75) is 19.8 Å². The largest absolute Gasteiger partial charge is 0.0882 e. The molecule has 0 heterocycles. The Labute approximate surface area is 51.6 Å². The zero-order valence-corrected chi connectivity index (χ0v) is 5.30. The van der Waals surface area contributed by atoms with Gasteiger partial charge >= 0.3 is 0 Å². The SMILES string of the molecule is [CH]C(C)C1C=CCC1. The molecule has 2 atom stereocenters. The number of hydrogen-bond donors (Lipinski definition) is 0. The van der Waals surface area contributed by atoms with E-state index in [9.17, 15) is 0 Å². The van der Waals surface area contributed by atoms with Gasteiger partial charge in [-0.1, -0.05) is 19.1 Å². The van der Waals surface area contributed by atoms with Crippen molar-refractivity contribution in [3.8, 4) is 0 Å². The van der Waals surface area contributed by atoms with Crippen LogP contribution in [0.25, 0.3) is 0 Å². The zero-order chi connectivity index (χ0) is 5.98. The first kappa shape index (κ1) is 5.87. The molecule has 0 fully saturated rings. The first-order valence-electron chi connectivity index (χ1n) is 3.23. The molecule has 0 amide bonds. The molecule has 0 N–H and O–H groups in total. The highest BCUT2D eigenvalue weighted by Crippen LogP contribution is 2.23. The Bertz CT molecular complexity index is 90.2. The first-order chi connectivity index (χ1) is 3.80. The summed E-state index contributed by atoms with van der Waals surface area (Å²) in [6, 6.07) is 0. The van der Waals surface area contributed by atoms with Crippen molar-refractivity contribution in [2.24, 2.45) is 11.8 Å². The molecule has 1 aliphatic carbocycles. The molecule has 0 nitrogen and oxygen atoms in total. The number of allylic oxidation sites excluding steroid dienone is 2. The van der Waals surface area contributed by atoms with E-state index in [-0.39, 0.29) is 0 Å². The maximum atomic E-state index is 5.65. The molecule has 0 saturated heterocycles. The van der Waals surface area contributed by atoms with E-state index in [1.165, 1.54) is 12.8 Å². The first-order valence-corrected chi connectivity index (χ1v) is 3.23. The summed E-state index contributed by atoms with van der Waals surface area (Å²) in [6.45, 7) is 7.72. The fourth-order valence-electron chi connectivity index (χ4n) is 1.09. The van der Waals surface area contributed by atoms with Gasteiger partial charge in [-0.05, 0) is 31.6 Å². The molecule has 0 aromatic heterocycles. The Morgan fingerprint density at radius 2 is 2.50 bits per heavy atom. The molecule has 2 radical (unpaired) electrons. The van der Waals surface area contributed by atoms with Crippen LogP contribution in [0.4, 0.5) is 0 Å². The molecular weight excluding hydrogens is 96.1 g/mol. The van der Waals surface area contributed by atoms with Crippen LogP contribution in [0.15, 0.2) is 12.2 Å². The van der Waals surface area contributed by atoms with Crippen LogP contribution in [0.5, 0.6) is 0 Å². The zero-order valence-electron chi connectivity index (χ0n) is 5.30. The fourth-order valence-corrected chi connectivity index (χ4v) is 1.09. The van der Waals surface area contributed by atoms with Gasteiger partial charge in [-0.2, -0.15) is 0 Å². The number of rotatable bonds is 1. The topological polar surface area (TPSA) is 0 Å². The van der Waals surface area contributed by atoms with Gasteiger partial charge in [0.05, 0.1) is 0 Å². The monoisotopic (exact) mass is 108 g/mol. The quantitative estimate of drug-likeness (QED) is 0.452. The number of hydrogen-bond acceptors (Lipinski definition) is 0. The summed E-state index contributed by atoms with van der Waals surface area (Å²) in [6.07, 6.45) is 6.93. The molecular formula is C8H12. The van der Waals surface area contributed by atoms with Crippen LogP contribution in [0.1, 0.15) is 19.8 Å². The molecule has 0 aromatic rings. The minimum Gasteiger partial charge on any atom is -0.0882 e. The smallest absolute Gasteiger partial charge is 0.0202 e. The summed E-state index contributed by atoms with van der Waals surface area (Å²) in [4.78, 5) is 0. The van der Waals surface area contributed by atoms with Crippen molar-refractivity contribution in [3.63, 3.8) is 0 Å². The normalized spacial score (nSPS) is 27.6. The predicted octanol–water partition coefficient (Wildman–Crippen LogP) is 2.30. The Balaban J connectivity index is 2.36. The maximum Gasteiger partial charge on any atom is -0.0202 e. The third-order valence-corrected chi connectivity index (χ3v) is 1.73.